The Bertz CT molecular complexity index is 1100. The van der Waals surface area contributed by atoms with E-state index in [0.29, 0.717) is 10.0 Å². The molecule has 0 atom stereocenters. The highest BCUT2D eigenvalue weighted by Gasteiger charge is 2.35. The highest BCUT2D eigenvalue weighted by atomic mass is 35.5. The van der Waals surface area contributed by atoms with Gasteiger partial charge in [0.25, 0.3) is 5.91 Å². The molecule has 0 aliphatic carbocycles. The van der Waals surface area contributed by atoms with E-state index in [4.69, 9.17) is 28.2 Å². The lowest BCUT2D eigenvalue weighted by molar-refractivity contribution is 0.0980. The zero-order valence-corrected chi connectivity index (χ0v) is 18.4. The summed E-state index contributed by atoms with van der Waals surface area (Å²) in [6.45, 7) is 6.32. The van der Waals surface area contributed by atoms with Crippen molar-refractivity contribution in [2.24, 2.45) is 0 Å². The van der Waals surface area contributed by atoms with E-state index in [-0.39, 0.29) is 11.9 Å². The number of hydrogen-bond donors (Lipinski definition) is 0. The second kappa shape index (κ2) is 7.97. The molecular formula is C24H24Cl2N2O. The van der Waals surface area contributed by atoms with Gasteiger partial charge in [0, 0.05) is 38.3 Å². The quantitative estimate of drug-likeness (QED) is 0.409. The van der Waals surface area contributed by atoms with Gasteiger partial charge in [-0.3, -0.25) is 9.78 Å². The monoisotopic (exact) mass is 426 g/mol. The van der Waals surface area contributed by atoms with Gasteiger partial charge in [-0.15, -0.1) is 0 Å². The third-order valence-electron chi connectivity index (χ3n) is 5.61. The molecule has 0 fully saturated rings. The van der Waals surface area contributed by atoms with E-state index in [1.54, 1.807) is 6.07 Å². The van der Waals surface area contributed by atoms with E-state index in [1.807, 2.05) is 42.2 Å². The number of carbonyl (C=O) groups is 1. The van der Waals surface area contributed by atoms with Gasteiger partial charge in [0.1, 0.15) is 0 Å². The first-order valence-corrected chi connectivity index (χ1v) is 10.9. The van der Waals surface area contributed by atoms with Gasteiger partial charge < -0.3 is 4.90 Å². The minimum absolute atomic E-state index is 0.0815. The van der Waals surface area contributed by atoms with Crippen molar-refractivity contribution in [1.29, 1.82) is 0 Å². The number of aryl methyl sites for hydroxylation is 1. The van der Waals surface area contributed by atoms with E-state index in [2.05, 4.69) is 13.8 Å². The molecule has 4 rings (SSSR count). The second-order valence-electron chi connectivity index (χ2n) is 7.70. The third kappa shape index (κ3) is 3.41. The lowest BCUT2D eigenvalue weighted by Crippen LogP contribution is -2.37. The summed E-state index contributed by atoms with van der Waals surface area (Å²) >= 11 is 12.6. The number of anilines is 1. The molecule has 2 heterocycles. The summed E-state index contributed by atoms with van der Waals surface area (Å²) in [5.41, 5.74) is 5.22. The number of aromatic nitrogens is 1. The molecule has 1 amide bonds. The van der Waals surface area contributed by atoms with E-state index in [1.165, 1.54) is 0 Å². The van der Waals surface area contributed by atoms with E-state index >= 15 is 0 Å². The number of nitrogens with zero attached hydrogens (tertiary/aromatic N) is 2. The van der Waals surface area contributed by atoms with Crippen molar-refractivity contribution in [3.8, 4) is 11.1 Å². The summed E-state index contributed by atoms with van der Waals surface area (Å²) in [7, 11) is 0. The zero-order valence-electron chi connectivity index (χ0n) is 16.9. The fourth-order valence-corrected chi connectivity index (χ4v) is 4.92. The molecule has 0 N–H and O–H groups in total. The van der Waals surface area contributed by atoms with E-state index in [0.717, 1.165) is 64.7 Å². The van der Waals surface area contributed by atoms with Crippen LogP contribution in [0, 0.1) is 6.92 Å². The first-order valence-electron chi connectivity index (χ1n) is 10.2. The van der Waals surface area contributed by atoms with Crippen LogP contribution < -0.4 is 4.90 Å². The van der Waals surface area contributed by atoms with Crippen molar-refractivity contribution in [3.63, 3.8) is 0 Å². The summed E-state index contributed by atoms with van der Waals surface area (Å²) in [4.78, 5) is 20.2. The van der Waals surface area contributed by atoms with Crippen LogP contribution >= 0.6 is 23.2 Å². The van der Waals surface area contributed by atoms with Gasteiger partial charge in [-0.25, -0.2) is 0 Å². The molecule has 0 saturated carbocycles. The summed E-state index contributed by atoms with van der Waals surface area (Å²) in [6.07, 6.45) is 4.08. The molecule has 0 saturated heterocycles. The highest BCUT2D eigenvalue weighted by Crippen LogP contribution is 2.44. The summed E-state index contributed by atoms with van der Waals surface area (Å²) < 4.78 is 0. The maximum absolute atomic E-state index is 13.4. The van der Waals surface area contributed by atoms with Gasteiger partial charge >= 0.3 is 0 Å². The fourth-order valence-electron chi connectivity index (χ4n) is 4.41. The Morgan fingerprint density at radius 2 is 1.62 bits per heavy atom. The molecule has 3 aromatic rings. The van der Waals surface area contributed by atoms with Crippen LogP contribution in [0.1, 0.15) is 55.6 Å². The van der Waals surface area contributed by atoms with Crippen LogP contribution in [-0.2, 0) is 0 Å². The highest BCUT2D eigenvalue weighted by molar-refractivity contribution is 6.37. The van der Waals surface area contributed by atoms with Crippen molar-refractivity contribution in [1.82, 2.24) is 4.98 Å². The lowest BCUT2D eigenvalue weighted by Gasteiger charge is -2.28. The number of amides is 1. The molecular weight excluding hydrogens is 403 g/mol. The van der Waals surface area contributed by atoms with Crippen molar-refractivity contribution in [2.75, 3.05) is 4.90 Å². The topological polar surface area (TPSA) is 33.2 Å². The molecule has 0 radical (unpaired) electrons. The van der Waals surface area contributed by atoms with Gasteiger partial charge in [0.2, 0.25) is 0 Å². The molecule has 0 unspecified atom stereocenters. The molecule has 0 bridgehead atoms. The zero-order chi connectivity index (χ0) is 20.7. The second-order valence-corrected chi connectivity index (χ2v) is 8.54. The van der Waals surface area contributed by atoms with Crippen LogP contribution in [0.2, 0.25) is 10.0 Å². The smallest absolute Gasteiger partial charge is 0.259 e. The summed E-state index contributed by atoms with van der Waals surface area (Å²) in [5.74, 6) is 0.0815. The minimum Gasteiger partial charge on any atom is -0.305 e. The fraction of sp³-hybridized carbons (Fsp3) is 0.333. The van der Waals surface area contributed by atoms with E-state index in [9.17, 15) is 4.79 Å². The molecule has 3 nitrogen and oxygen atoms in total. The van der Waals surface area contributed by atoms with Crippen LogP contribution in [0.4, 0.5) is 5.69 Å². The minimum atomic E-state index is 0.0815. The number of pyridine rings is 1. The number of benzene rings is 2. The Kier molecular flexibility index (Phi) is 5.54. The van der Waals surface area contributed by atoms with Crippen LogP contribution in [-0.4, -0.2) is 16.9 Å². The number of halogens is 2. The predicted molar refractivity (Wildman–Crippen MR) is 122 cm³/mol. The van der Waals surface area contributed by atoms with Gasteiger partial charge in [-0.2, -0.15) is 0 Å². The first-order chi connectivity index (χ1) is 14.0. The average molecular weight is 427 g/mol. The van der Waals surface area contributed by atoms with Crippen molar-refractivity contribution in [3.05, 3.63) is 57.7 Å². The first kappa shape index (κ1) is 20.2. The molecule has 1 aliphatic rings. The molecule has 2 aromatic carbocycles. The Balaban J connectivity index is 1.96. The molecule has 1 aliphatic heterocycles. The van der Waals surface area contributed by atoms with Crippen molar-refractivity contribution in [2.45, 2.75) is 52.5 Å². The molecule has 1 aromatic heterocycles. The third-order valence-corrected chi connectivity index (χ3v) is 6.15. The number of rotatable bonds is 6. The Morgan fingerprint density at radius 3 is 2.28 bits per heavy atom. The van der Waals surface area contributed by atoms with Crippen LogP contribution in [0.5, 0.6) is 0 Å². The van der Waals surface area contributed by atoms with Crippen molar-refractivity contribution < 1.29 is 4.79 Å². The summed E-state index contributed by atoms with van der Waals surface area (Å²) in [6, 6.07) is 11.6. The average Bonchev–Trinajstić information content (AvgIpc) is 2.95. The maximum atomic E-state index is 13.4. The van der Waals surface area contributed by atoms with Gasteiger partial charge in [0.05, 0.1) is 16.8 Å². The molecule has 150 valence electrons. The van der Waals surface area contributed by atoms with E-state index < -0.39 is 0 Å². The lowest BCUT2D eigenvalue weighted by atomic mass is 9.98. The standard InChI is InChI=1S/C24H24Cl2N2O/c1-4-6-16(7-5-2)28-21-12-14(3)27-23-18(10-11-19(22(21)23)24(28)29)17-9-8-15(25)13-20(17)26/h8-13,16H,4-7H2,1-3H3. The van der Waals surface area contributed by atoms with Crippen LogP contribution in [0.15, 0.2) is 36.4 Å². The Morgan fingerprint density at radius 1 is 0.966 bits per heavy atom. The Hall–Kier alpha value is -2.10. The van der Waals surface area contributed by atoms with Gasteiger partial charge in [-0.1, -0.05) is 62.0 Å². The Labute approximate surface area is 181 Å². The summed E-state index contributed by atoms with van der Waals surface area (Å²) in [5, 5.41) is 2.10. The van der Waals surface area contributed by atoms with Crippen LogP contribution in [0.3, 0.4) is 0 Å². The normalized spacial score (nSPS) is 13.2. The molecule has 0 spiro atoms. The molecule has 29 heavy (non-hydrogen) atoms. The number of carbonyl (C=O) groups excluding carboxylic acids is 1. The van der Waals surface area contributed by atoms with Gasteiger partial charge in [0.15, 0.2) is 0 Å². The number of hydrogen-bond acceptors (Lipinski definition) is 2. The van der Waals surface area contributed by atoms with Crippen LogP contribution in [0.25, 0.3) is 22.0 Å². The predicted octanol–water partition coefficient (Wildman–Crippen LogP) is 7.45. The molecule has 5 heteroatoms. The maximum Gasteiger partial charge on any atom is 0.259 e. The largest absolute Gasteiger partial charge is 0.305 e. The SMILES string of the molecule is CCCC(CCC)N1C(=O)c2ccc(-c3ccc(Cl)cc3Cl)c3nc(C)cc1c23. The van der Waals surface area contributed by atoms with Crippen molar-refractivity contribution >= 4 is 45.7 Å². The van der Waals surface area contributed by atoms with Gasteiger partial charge in [-0.05, 0) is 44.0 Å².